The third-order valence-electron chi connectivity index (χ3n) is 3.82. The number of carbonyl (C=O) groups is 1. The zero-order valence-corrected chi connectivity index (χ0v) is 11.3. The molecule has 0 N–H and O–H groups in total. The fourth-order valence-corrected chi connectivity index (χ4v) is 2.34. The first kappa shape index (κ1) is 13.3. The van der Waals surface area contributed by atoms with Gasteiger partial charge in [0.05, 0.1) is 6.61 Å². The first-order valence-electron chi connectivity index (χ1n) is 6.83. The Balaban J connectivity index is 1.77. The number of hydrogen-bond acceptors (Lipinski definition) is 2. The Hall–Kier alpha value is -1.15. The van der Waals surface area contributed by atoms with Gasteiger partial charge in [0.2, 0.25) is 0 Å². The molecule has 18 heavy (non-hydrogen) atoms. The van der Waals surface area contributed by atoms with Gasteiger partial charge in [-0.3, -0.25) is 4.79 Å². The van der Waals surface area contributed by atoms with Gasteiger partial charge in [-0.05, 0) is 43.6 Å². The lowest BCUT2D eigenvalue weighted by atomic mass is 10.1. The second-order valence-electron chi connectivity index (χ2n) is 5.45. The summed E-state index contributed by atoms with van der Waals surface area (Å²) in [5.74, 6) is 1.83. The van der Waals surface area contributed by atoms with E-state index in [1.807, 2.05) is 30.3 Å². The molecule has 98 valence electrons. The summed E-state index contributed by atoms with van der Waals surface area (Å²) in [4.78, 5) is 11.6. The van der Waals surface area contributed by atoms with Crippen molar-refractivity contribution >= 4 is 5.78 Å². The van der Waals surface area contributed by atoms with E-state index >= 15 is 0 Å². The molecule has 0 spiro atoms. The second-order valence-corrected chi connectivity index (χ2v) is 5.45. The Morgan fingerprint density at radius 2 is 2.06 bits per heavy atom. The lowest BCUT2D eigenvalue weighted by Gasteiger charge is -2.15. The van der Waals surface area contributed by atoms with E-state index in [2.05, 4.69) is 6.92 Å². The summed E-state index contributed by atoms with van der Waals surface area (Å²) >= 11 is 0. The van der Waals surface area contributed by atoms with Crippen LogP contribution >= 0.6 is 0 Å². The average Bonchev–Trinajstić information content (AvgIpc) is 3.06. The quantitative estimate of drug-likeness (QED) is 0.735. The van der Waals surface area contributed by atoms with E-state index in [9.17, 15) is 4.79 Å². The minimum Gasteiger partial charge on any atom is -0.366 e. The first-order chi connectivity index (χ1) is 8.66. The van der Waals surface area contributed by atoms with E-state index in [1.165, 1.54) is 6.42 Å². The fraction of sp³-hybridized carbons (Fsp3) is 0.562. The molecule has 1 saturated carbocycles. The summed E-state index contributed by atoms with van der Waals surface area (Å²) in [6.45, 7) is 4.44. The molecule has 0 aromatic heterocycles. The van der Waals surface area contributed by atoms with E-state index in [0.29, 0.717) is 6.61 Å². The highest BCUT2D eigenvalue weighted by Gasteiger charge is 2.33. The van der Waals surface area contributed by atoms with Crippen LogP contribution in [0.25, 0.3) is 0 Å². The molecule has 2 nitrogen and oxygen atoms in total. The van der Waals surface area contributed by atoms with Crippen molar-refractivity contribution in [3.8, 4) is 0 Å². The largest absolute Gasteiger partial charge is 0.366 e. The number of Topliss-reactive ketones (excluding diaryl/α,β-unsaturated/α-hetero) is 1. The van der Waals surface area contributed by atoms with Crippen LogP contribution in [-0.4, -0.2) is 11.9 Å². The van der Waals surface area contributed by atoms with Crippen molar-refractivity contribution in [2.75, 3.05) is 0 Å². The standard InChI is InChI=1S/C16H22O2/c1-12-10-15(12)8-9-16(13(2)17)18-11-14-6-4-3-5-7-14/h3-7,12,15-16H,8-11H2,1-2H3/t12-,15+,16-/m1/s1. The maximum atomic E-state index is 11.6. The number of hydrogen-bond donors (Lipinski definition) is 0. The minimum atomic E-state index is -0.224. The normalized spacial score (nSPS) is 23.7. The second kappa shape index (κ2) is 6.14. The maximum absolute atomic E-state index is 11.6. The van der Waals surface area contributed by atoms with Gasteiger partial charge < -0.3 is 4.74 Å². The summed E-state index contributed by atoms with van der Waals surface area (Å²) in [7, 11) is 0. The van der Waals surface area contributed by atoms with Gasteiger partial charge in [-0.25, -0.2) is 0 Å². The molecule has 1 aliphatic rings. The summed E-state index contributed by atoms with van der Waals surface area (Å²) in [5, 5.41) is 0. The molecule has 1 aliphatic carbocycles. The SMILES string of the molecule is CC(=O)[C@@H](CC[C@H]1C[C@H]1C)OCc1ccccc1. The zero-order valence-electron chi connectivity index (χ0n) is 11.3. The molecule has 0 amide bonds. The molecule has 1 aromatic rings. The van der Waals surface area contributed by atoms with Crippen molar-refractivity contribution in [1.29, 1.82) is 0 Å². The summed E-state index contributed by atoms with van der Waals surface area (Å²) < 4.78 is 5.75. The van der Waals surface area contributed by atoms with Gasteiger partial charge in [0, 0.05) is 0 Å². The molecule has 2 heteroatoms. The fourth-order valence-electron chi connectivity index (χ4n) is 2.34. The number of benzene rings is 1. The molecular formula is C16H22O2. The van der Waals surface area contributed by atoms with Gasteiger partial charge in [0.15, 0.2) is 5.78 Å². The molecule has 0 unspecified atom stereocenters. The van der Waals surface area contributed by atoms with Crippen LogP contribution in [0, 0.1) is 11.8 Å². The van der Waals surface area contributed by atoms with Gasteiger partial charge >= 0.3 is 0 Å². The Morgan fingerprint density at radius 1 is 1.39 bits per heavy atom. The molecule has 0 aliphatic heterocycles. The van der Waals surface area contributed by atoms with Crippen molar-refractivity contribution < 1.29 is 9.53 Å². The van der Waals surface area contributed by atoms with Gasteiger partial charge in [0.25, 0.3) is 0 Å². The number of carbonyl (C=O) groups excluding carboxylic acids is 1. The summed E-state index contributed by atoms with van der Waals surface area (Å²) in [6.07, 6.45) is 3.10. The monoisotopic (exact) mass is 246 g/mol. The Morgan fingerprint density at radius 3 is 2.61 bits per heavy atom. The van der Waals surface area contributed by atoms with E-state index in [1.54, 1.807) is 6.92 Å². The maximum Gasteiger partial charge on any atom is 0.158 e. The number of ketones is 1. The molecular weight excluding hydrogens is 224 g/mol. The Labute approximate surface area is 109 Å². The highest BCUT2D eigenvalue weighted by molar-refractivity contribution is 5.80. The Kier molecular flexibility index (Phi) is 4.54. The predicted octanol–water partition coefficient (Wildman–Crippen LogP) is 3.60. The van der Waals surface area contributed by atoms with Gasteiger partial charge in [-0.1, -0.05) is 37.3 Å². The molecule has 3 atom stereocenters. The molecule has 2 rings (SSSR count). The smallest absolute Gasteiger partial charge is 0.158 e. The minimum absolute atomic E-state index is 0.152. The summed E-state index contributed by atoms with van der Waals surface area (Å²) in [6, 6.07) is 10.0. The van der Waals surface area contributed by atoms with Gasteiger partial charge in [-0.15, -0.1) is 0 Å². The highest BCUT2D eigenvalue weighted by Crippen LogP contribution is 2.41. The average molecular weight is 246 g/mol. The topological polar surface area (TPSA) is 26.3 Å². The molecule has 0 bridgehead atoms. The number of ether oxygens (including phenoxy) is 1. The van der Waals surface area contributed by atoms with Crippen LogP contribution in [-0.2, 0) is 16.1 Å². The molecule has 0 saturated heterocycles. The van der Waals surface area contributed by atoms with Crippen LogP contribution in [0.15, 0.2) is 30.3 Å². The van der Waals surface area contributed by atoms with Crippen LogP contribution in [0.5, 0.6) is 0 Å². The molecule has 1 aromatic carbocycles. The summed E-state index contributed by atoms with van der Waals surface area (Å²) in [5.41, 5.74) is 1.13. The molecule has 0 radical (unpaired) electrons. The lowest BCUT2D eigenvalue weighted by molar-refractivity contribution is -0.129. The molecule has 0 heterocycles. The highest BCUT2D eigenvalue weighted by atomic mass is 16.5. The van der Waals surface area contributed by atoms with Crippen molar-refractivity contribution in [3.05, 3.63) is 35.9 Å². The van der Waals surface area contributed by atoms with Crippen molar-refractivity contribution in [3.63, 3.8) is 0 Å². The first-order valence-corrected chi connectivity index (χ1v) is 6.83. The van der Waals surface area contributed by atoms with Crippen molar-refractivity contribution in [2.45, 2.75) is 45.8 Å². The third-order valence-corrected chi connectivity index (χ3v) is 3.82. The van der Waals surface area contributed by atoms with Crippen molar-refractivity contribution in [2.24, 2.45) is 11.8 Å². The van der Waals surface area contributed by atoms with Crippen LogP contribution < -0.4 is 0 Å². The van der Waals surface area contributed by atoms with Crippen LogP contribution in [0.4, 0.5) is 0 Å². The zero-order chi connectivity index (χ0) is 13.0. The van der Waals surface area contributed by atoms with Crippen LogP contribution in [0.3, 0.4) is 0 Å². The van der Waals surface area contributed by atoms with Gasteiger partial charge in [0.1, 0.15) is 6.10 Å². The van der Waals surface area contributed by atoms with E-state index in [0.717, 1.165) is 30.2 Å². The van der Waals surface area contributed by atoms with Gasteiger partial charge in [-0.2, -0.15) is 0 Å². The number of rotatable bonds is 7. The van der Waals surface area contributed by atoms with Crippen LogP contribution in [0.1, 0.15) is 38.7 Å². The van der Waals surface area contributed by atoms with E-state index in [4.69, 9.17) is 4.74 Å². The van der Waals surface area contributed by atoms with Crippen molar-refractivity contribution in [1.82, 2.24) is 0 Å². The third kappa shape index (κ3) is 3.95. The molecule has 1 fully saturated rings. The van der Waals surface area contributed by atoms with E-state index in [-0.39, 0.29) is 11.9 Å². The predicted molar refractivity (Wildman–Crippen MR) is 72.2 cm³/mol. The van der Waals surface area contributed by atoms with E-state index < -0.39 is 0 Å². The lowest BCUT2D eigenvalue weighted by Crippen LogP contribution is -2.21. The van der Waals surface area contributed by atoms with Crippen LogP contribution in [0.2, 0.25) is 0 Å². The Bertz CT molecular complexity index is 385.